The smallest absolute Gasteiger partial charge is 0.221 e. The van der Waals surface area contributed by atoms with E-state index in [0.717, 1.165) is 63.7 Å². The van der Waals surface area contributed by atoms with Gasteiger partial charge in [-0.25, -0.2) is 0 Å². The third-order valence-electron chi connectivity index (χ3n) is 4.73. The van der Waals surface area contributed by atoms with E-state index in [0.29, 0.717) is 24.4 Å². The highest BCUT2D eigenvalue weighted by Gasteiger charge is 2.27. The topological polar surface area (TPSA) is 53.6 Å². The lowest BCUT2D eigenvalue weighted by Gasteiger charge is -2.37. The van der Waals surface area contributed by atoms with E-state index < -0.39 is 0 Å². The van der Waals surface area contributed by atoms with Crippen molar-refractivity contribution in [2.45, 2.75) is 45.2 Å². The first-order valence-corrected chi connectivity index (χ1v) is 10.2. The van der Waals surface area contributed by atoms with Crippen molar-refractivity contribution in [3.63, 3.8) is 0 Å². The normalized spacial score (nSPS) is 29.4. The second-order valence-electron chi connectivity index (χ2n) is 6.72. The zero-order chi connectivity index (χ0) is 16.5. The summed E-state index contributed by atoms with van der Waals surface area (Å²) in [5, 5.41) is 6.71. The molecule has 0 bridgehead atoms. The van der Waals surface area contributed by atoms with Crippen LogP contribution in [0.15, 0.2) is 0 Å². The molecule has 3 unspecified atom stereocenters. The highest BCUT2D eigenvalue weighted by atomic mass is 32.2. The van der Waals surface area contributed by atoms with Crippen LogP contribution in [0.25, 0.3) is 0 Å². The second kappa shape index (κ2) is 10.5. The van der Waals surface area contributed by atoms with Crippen molar-refractivity contribution in [1.82, 2.24) is 15.5 Å². The lowest BCUT2D eigenvalue weighted by Crippen LogP contribution is -2.51. The Bertz CT molecular complexity index is 351. The van der Waals surface area contributed by atoms with Crippen LogP contribution in [0.5, 0.6) is 0 Å². The monoisotopic (exact) mass is 343 g/mol. The quantitative estimate of drug-likeness (QED) is 0.651. The van der Waals surface area contributed by atoms with Gasteiger partial charge in [-0.15, -0.1) is 0 Å². The maximum absolute atomic E-state index is 12.3. The van der Waals surface area contributed by atoms with Crippen molar-refractivity contribution in [2.24, 2.45) is 5.92 Å². The van der Waals surface area contributed by atoms with Gasteiger partial charge in [0.05, 0.1) is 0 Å². The van der Waals surface area contributed by atoms with Gasteiger partial charge >= 0.3 is 0 Å². The van der Waals surface area contributed by atoms with Gasteiger partial charge in [0.25, 0.3) is 0 Å². The first-order chi connectivity index (χ1) is 11.2. The molecule has 2 rings (SSSR count). The molecule has 1 amide bonds. The largest absolute Gasteiger partial charge is 0.382 e. The molecular formula is C17H33N3O2S. The first-order valence-electron chi connectivity index (χ1n) is 9.09. The van der Waals surface area contributed by atoms with E-state index in [9.17, 15) is 4.79 Å². The van der Waals surface area contributed by atoms with Crippen LogP contribution in [0.2, 0.25) is 0 Å². The Kier molecular flexibility index (Phi) is 8.72. The molecule has 3 atom stereocenters. The van der Waals surface area contributed by atoms with Gasteiger partial charge in [-0.05, 0) is 25.7 Å². The van der Waals surface area contributed by atoms with Gasteiger partial charge in [0, 0.05) is 69.4 Å². The summed E-state index contributed by atoms with van der Waals surface area (Å²) in [4.78, 5) is 14.8. The number of thioether (sulfide) groups is 1. The first kappa shape index (κ1) is 19.0. The van der Waals surface area contributed by atoms with E-state index in [1.807, 2.05) is 18.7 Å². The van der Waals surface area contributed by atoms with Crippen LogP contribution >= 0.6 is 11.8 Å². The second-order valence-corrected chi connectivity index (χ2v) is 7.87. The molecule has 2 aliphatic rings. The van der Waals surface area contributed by atoms with Gasteiger partial charge in [0.1, 0.15) is 0 Å². The van der Waals surface area contributed by atoms with Crippen LogP contribution in [-0.4, -0.2) is 73.8 Å². The van der Waals surface area contributed by atoms with Crippen molar-refractivity contribution in [2.75, 3.05) is 50.9 Å². The average molecular weight is 344 g/mol. The molecular weight excluding hydrogens is 310 g/mol. The number of ether oxygens (including phenoxy) is 1. The predicted octanol–water partition coefficient (Wildman–Crippen LogP) is 1.33. The Morgan fingerprint density at radius 1 is 1.48 bits per heavy atom. The van der Waals surface area contributed by atoms with Gasteiger partial charge in [-0.1, -0.05) is 6.92 Å². The third kappa shape index (κ3) is 6.99. The fourth-order valence-electron chi connectivity index (χ4n) is 3.42. The number of likely N-dealkylation sites (tertiary alicyclic amines) is 1. The van der Waals surface area contributed by atoms with Crippen LogP contribution in [0.1, 0.15) is 33.1 Å². The fraction of sp³-hybridized carbons (Fsp3) is 0.941. The predicted molar refractivity (Wildman–Crippen MR) is 97.0 cm³/mol. The minimum Gasteiger partial charge on any atom is -0.382 e. The molecule has 0 spiro atoms. The van der Waals surface area contributed by atoms with Crippen molar-refractivity contribution in [3.05, 3.63) is 0 Å². The number of hydrogen-bond donors (Lipinski definition) is 2. The molecule has 0 aromatic carbocycles. The van der Waals surface area contributed by atoms with E-state index in [-0.39, 0.29) is 5.91 Å². The van der Waals surface area contributed by atoms with Gasteiger partial charge in [0.2, 0.25) is 5.91 Å². The number of piperidine rings is 1. The van der Waals surface area contributed by atoms with E-state index in [1.54, 1.807) is 0 Å². The summed E-state index contributed by atoms with van der Waals surface area (Å²) in [6.45, 7) is 10.2. The summed E-state index contributed by atoms with van der Waals surface area (Å²) in [5.41, 5.74) is 0. The number of nitrogens with one attached hydrogen (secondary N) is 2. The molecule has 6 heteroatoms. The summed E-state index contributed by atoms with van der Waals surface area (Å²) in [5.74, 6) is 2.96. The number of carbonyl (C=O) groups is 1. The Morgan fingerprint density at radius 2 is 2.35 bits per heavy atom. The minimum absolute atomic E-state index is 0.214. The van der Waals surface area contributed by atoms with Crippen LogP contribution in [0.4, 0.5) is 0 Å². The summed E-state index contributed by atoms with van der Waals surface area (Å²) in [7, 11) is 0. The molecule has 5 nitrogen and oxygen atoms in total. The van der Waals surface area contributed by atoms with Gasteiger partial charge in [-0.3, -0.25) is 4.79 Å². The fourth-order valence-corrected chi connectivity index (χ4v) is 4.37. The molecule has 0 saturated carbocycles. The number of rotatable bonds is 8. The zero-order valence-electron chi connectivity index (χ0n) is 14.7. The molecule has 2 fully saturated rings. The lowest BCUT2D eigenvalue weighted by molar-refractivity contribution is -0.122. The van der Waals surface area contributed by atoms with Gasteiger partial charge < -0.3 is 20.3 Å². The van der Waals surface area contributed by atoms with E-state index >= 15 is 0 Å². The molecule has 0 aromatic rings. The highest BCUT2D eigenvalue weighted by molar-refractivity contribution is 7.99. The van der Waals surface area contributed by atoms with Gasteiger partial charge in [0.15, 0.2) is 0 Å². The SMILES string of the molecule is CCOCCCN1CCC(NC(=O)CC2CSCCN2)C(C)C1. The van der Waals surface area contributed by atoms with E-state index in [4.69, 9.17) is 4.74 Å². The Labute approximate surface area is 145 Å². The third-order valence-corrected chi connectivity index (χ3v) is 5.86. The van der Waals surface area contributed by atoms with Crippen LogP contribution in [-0.2, 0) is 9.53 Å². The Balaban J connectivity index is 1.63. The molecule has 2 heterocycles. The van der Waals surface area contributed by atoms with Crippen LogP contribution < -0.4 is 10.6 Å². The van der Waals surface area contributed by atoms with Crippen molar-refractivity contribution >= 4 is 17.7 Å². The lowest BCUT2D eigenvalue weighted by atomic mass is 9.93. The van der Waals surface area contributed by atoms with Crippen molar-refractivity contribution in [3.8, 4) is 0 Å². The number of carbonyl (C=O) groups excluding carboxylic acids is 1. The molecule has 134 valence electrons. The van der Waals surface area contributed by atoms with E-state index in [1.165, 1.54) is 0 Å². The van der Waals surface area contributed by atoms with Crippen molar-refractivity contribution < 1.29 is 9.53 Å². The number of amides is 1. The highest BCUT2D eigenvalue weighted by Crippen LogP contribution is 2.18. The van der Waals surface area contributed by atoms with Crippen LogP contribution in [0.3, 0.4) is 0 Å². The average Bonchev–Trinajstić information content (AvgIpc) is 2.55. The maximum atomic E-state index is 12.3. The minimum atomic E-state index is 0.214. The zero-order valence-corrected chi connectivity index (χ0v) is 15.5. The van der Waals surface area contributed by atoms with Crippen molar-refractivity contribution in [1.29, 1.82) is 0 Å². The molecule has 0 aromatic heterocycles. The summed E-state index contributed by atoms with van der Waals surface area (Å²) in [6.07, 6.45) is 2.78. The molecule has 2 N–H and O–H groups in total. The molecule has 2 saturated heterocycles. The Hall–Kier alpha value is -0.300. The van der Waals surface area contributed by atoms with Crippen LogP contribution in [0, 0.1) is 5.92 Å². The summed E-state index contributed by atoms with van der Waals surface area (Å²) >= 11 is 1.94. The van der Waals surface area contributed by atoms with Gasteiger partial charge in [-0.2, -0.15) is 11.8 Å². The van der Waals surface area contributed by atoms with E-state index in [2.05, 4.69) is 22.5 Å². The molecule has 23 heavy (non-hydrogen) atoms. The number of hydrogen-bond acceptors (Lipinski definition) is 5. The molecule has 0 aliphatic carbocycles. The molecule has 0 radical (unpaired) electrons. The summed E-state index contributed by atoms with van der Waals surface area (Å²) in [6, 6.07) is 0.685. The molecule has 2 aliphatic heterocycles. The standard InChI is InChI=1S/C17H33N3O2S/c1-3-22-9-4-7-20-8-5-16(14(2)12-20)19-17(21)11-15-13-23-10-6-18-15/h14-16,18H,3-13H2,1-2H3,(H,19,21). The number of nitrogens with zero attached hydrogens (tertiary/aromatic N) is 1. The summed E-state index contributed by atoms with van der Waals surface area (Å²) < 4.78 is 5.41. The maximum Gasteiger partial charge on any atom is 0.221 e. The Morgan fingerprint density at radius 3 is 3.04 bits per heavy atom.